The van der Waals surface area contributed by atoms with Gasteiger partial charge in [0.25, 0.3) is 5.91 Å². The minimum atomic E-state index is -0.168. The average molecular weight is 196 g/mol. The third-order valence-electron chi connectivity index (χ3n) is 2.02. The summed E-state index contributed by atoms with van der Waals surface area (Å²) in [6.07, 6.45) is 2.40. The van der Waals surface area contributed by atoms with Crippen molar-refractivity contribution in [3.05, 3.63) is 24.2 Å². The molecule has 0 bridgehead atoms. The van der Waals surface area contributed by atoms with Crippen molar-refractivity contribution in [3.8, 4) is 0 Å². The minimum Gasteiger partial charge on any atom is -0.459 e. The molecule has 3 N–H and O–H groups in total. The van der Waals surface area contributed by atoms with E-state index in [1.54, 1.807) is 12.1 Å². The molecule has 0 aliphatic carbocycles. The molecule has 0 aliphatic heterocycles. The van der Waals surface area contributed by atoms with Crippen LogP contribution in [0.2, 0.25) is 0 Å². The molecule has 1 atom stereocenters. The van der Waals surface area contributed by atoms with Gasteiger partial charge in [-0.2, -0.15) is 0 Å². The fourth-order valence-electron chi connectivity index (χ4n) is 1.15. The Kier molecular flexibility index (Phi) is 4.19. The summed E-state index contributed by atoms with van der Waals surface area (Å²) in [5.74, 6) is 0.586. The number of hydrogen-bond donors (Lipinski definition) is 2. The lowest BCUT2D eigenvalue weighted by Gasteiger charge is -2.09. The van der Waals surface area contributed by atoms with Crippen molar-refractivity contribution in [1.29, 1.82) is 0 Å². The summed E-state index contributed by atoms with van der Waals surface area (Å²) in [6, 6.07) is 3.33. The standard InChI is InChI=1S/C10H16N2O2/c1-8(4-5-11)7-12-10(13)9-3-2-6-14-9/h2-3,6,8H,4-5,7,11H2,1H3,(H,12,13). The molecular weight excluding hydrogens is 180 g/mol. The normalized spacial score (nSPS) is 12.4. The average Bonchev–Trinajstić information content (AvgIpc) is 2.67. The van der Waals surface area contributed by atoms with Crippen LogP contribution in [0.3, 0.4) is 0 Å². The van der Waals surface area contributed by atoms with E-state index in [1.807, 2.05) is 0 Å². The Bertz CT molecular complexity index is 270. The summed E-state index contributed by atoms with van der Waals surface area (Å²) in [7, 11) is 0. The Balaban J connectivity index is 2.28. The minimum absolute atomic E-state index is 0.168. The summed E-state index contributed by atoms with van der Waals surface area (Å²) >= 11 is 0. The first kappa shape index (κ1) is 10.8. The molecule has 14 heavy (non-hydrogen) atoms. The number of carbonyl (C=O) groups is 1. The number of nitrogens with one attached hydrogen (secondary N) is 1. The number of nitrogens with two attached hydrogens (primary N) is 1. The Morgan fingerprint density at radius 2 is 2.50 bits per heavy atom. The van der Waals surface area contributed by atoms with Crippen LogP contribution in [-0.2, 0) is 0 Å². The molecule has 1 aromatic heterocycles. The molecule has 1 unspecified atom stereocenters. The highest BCUT2D eigenvalue weighted by atomic mass is 16.3. The van der Waals surface area contributed by atoms with Crippen molar-refractivity contribution in [1.82, 2.24) is 5.32 Å². The van der Waals surface area contributed by atoms with Crippen LogP contribution in [0.4, 0.5) is 0 Å². The van der Waals surface area contributed by atoms with Crippen LogP contribution in [-0.4, -0.2) is 19.0 Å². The van der Waals surface area contributed by atoms with Gasteiger partial charge in [-0.05, 0) is 31.0 Å². The number of rotatable bonds is 5. The maximum Gasteiger partial charge on any atom is 0.286 e. The first-order chi connectivity index (χ1) is 6.74. The second kappa shape index (κ2) is 5.44. The van der Waals surface area contributed by atoms with E-state index in [9.17, 15) is 4.79 Å². The lowest BCUT2D eigenvalue weighted by Crippen LogP contribution is -2.28. The van der Waals surface area contributed by atoms with Crippen LogP contribution in [0.25, 0.3) is 0 Å². The summed E-state index contributed by atoms with van der Waals surface area (Å²) in [4.78, 5) is 11.4. The first-order valence-corrected chi connectivity index (χ1v) is 4.75. The smallest absolute Gasteiger partial charge is 0.286 e. The molecule has 1 amide bonds. The van der Waals surface area contributed by atoms with Crippen LogP contribution in [0.5, 0.6) is 0 Å². The van der Waals surface area contributed by atoms with Crippen molar-refractivity contribution in [2.24, 2.45) is 11.7 Å². The van der Waals surface area contributed by atoms with E-state index in [0.29, 0.717) is 24.8 Å². The molecule has 0 spiro atoms. The summed E-state index contributed by atoms with van der Waals surface area (Å²) in [6.45, 7) is 3.34. The summed E-state index contributed by atoms with van der Waals surface area (Å²) in [5, 5.41) is 2.78. The molecule has 1 rings (SSSR count). The van der Waals surface area contributed by atoms with Gasteiger partial charge in [0.1, 0.15) is 0 Å². The molecular formula is C10H16N2O2. The van der Waals surface area contributed by atoms with Crippen LogP contribution < -0.4 is 11.1 Å². The molecule has 4 nitrogen and oxygen atoms in total. The fourth-order valence-corrected chi connectivity index (χ4v) is 1.15. The molecule has 4 heteroatoms. The fraction of sp³-hybridized carbons (Fsp3) is 0.500. The van der Waals surface area contributed by atoms with Crippen molar-refractivity contribution in [2.75, 3.05) is 13.1 Å². The van der Waals surface area contributed by atoms with E-state index in [4.69, 9.17) is 10.2 Å². The highest BCUT2D eigenvalue weighted by Gasteiger charge is 2.09. The molecule has 0 aromatic carbocycles. The third-order valence-corrected chi connectivity index (χ3v) is 2.02. The van der Waals surface area contributed by atoms with Crippen LogP contribution in [0.1, 0.15) is 23.9 Å². The molecule has 0 fully saturated rings. The zero-order valence-electron chi connectivity index (χ0n) is 8.32. The van der Waals surface area contributed by atoms with Gasteiger partial charge in [0, 0.05) is 6.54 Å². The Morgan fingerprint density at radius 3 is 3.07 bits per heavy atom. The summed E-state index contributed by atoms with van der Waals surface area (Å²) in [5.41, 5.74) is 5.40. The lowest BCUT2D eigenvalue weighted by atomic mass is 10.1. The number of furan rings is 1. The highest BCUT2D eigenvalue weighted by Crippen LogP contribution is 2.01. The zero-order valence-corrected chi connectivity index (χ0v) is 8.32. The van der Waals surface area contributed by atoms with Gasteiger partial charge in [0.2, 0.25) is 0 Å². The van der Waals surface area contributed by atoms with Crippen molar-refractivity contribution < 1.29 is 9.21 Å². The Morgan fingerprint density at radius 1 is 1.71 bits per heavy atom. The van der Waals surface area contributed by atoms with E-state index in [-0.39, 0.29) is 5.91 Å². The monoisotopic (exact) mass is 196 g/mol. The predicted molar refractivity (Wildman–Crippen MR) is 53.9 cm³/mol. The van der Waals surface area contributed by atoms with Crippen LogP contribution in [0.15, 0.2) is 22.8 Å². The van der Waals surface area contributed by atoms with Gasteiger partial charge in [0.05, 0.1) is 6.26 Å². The van der Waals surface area contributed by atoms with E-state index in [1.165, 1.54) is 6.26 Å². The molecule has 0 saturated carbocycles. The SMILES string of the molecule is CC(CCN)CNC(=O)c1ccco1. The molecule has 78 valence electrons. The number of amides is 1. The van der Waals surface area contributed by atoms with Crippen LogP contribution in [0, 0.1) is 5.92 Å². The maximum absolute atomic E-state index is 11.4. The largest absolute Gasteiger partial charge is 0.459 e. The molecule has 0 aliphatic rings. The van der Waals surface area contributed by atoms with Crippen molar-refractivity contribution in [3.63, 3.8) is 0 Å². The van der Waals surface area contributed by atoms with Gasteiger partial charge in [-0.1, -0.05) is 6.92 Å². The van der Waals surface area contributed by atoms with Gasteiger partial charge in [0.15, 0.2) is 5.76 Å². The molecule has 1 aromatic rings. The number of hydrogen-bond acceptors (Lipinski definition) is 3. The van der Waals surface area contributed by atoms with Crippen molar-refractivity contribution in [2.45, 2.75) is 13.3 Å². The van der Waals surface area contributed by atoms with Gasteiger partial charge < -0.3 is 15.5 Å². The lowest BCUT2D eigenvalue weighted by molar-refractivity contribution is 0.0920. The third kappa shape index (κ3) is 3.22. The molecule has 1 heterocycles. The molecule has 0 radical (unpaired) electrons. The second-order valence-electron chi connectivity index (χ2n) is 3.37. The predicted octanol–water partition coefficient (Wildman–Crippen LogP) is 0.994. The van der Waals surface area contributed by atoms with E-state index in [2.05, 4.69) is 12.2 Å². The Hall–Kier alpha value is -1.29. The zero-order chi connectivity index (χ0) is 10.4. The van der Waals surface area contributed by atoms with E-state index < -0.39 is 0 Å². The summed E-state index contributed by atoms with van der Waals surface area (Å²) < 4.78 is 4.95. The molecule has 0 saturated heterocycles. The second-order valence-corrected chi connectivity index (χ2v) is 3.37. The first-order valence-electron chi connectivity index (χ1n) is 4.75. The van der Waals surface area contributed by atoms with Crippen molar-refractivity contribution >= 4 is 5.91 Å². The van der Waals surface area contributed by atoms with Gasteiger partial charge in [-0.3, -0.25) is 4.79 Å². The van der Waals surface area contributed by atoms with Gasteiger partial charge >= 0.3 is 0 Å². The van der Waals surface area contributed by atoms with E-state index in [0.717, 1.165) is 6.42 Å². The Labute approximate surface area is 83.5 Å². The highest BCUT2D eigenvalue weighted by molar-refractivity contribution is 5.91. The number of carbonyl (C=O) groups excluding carboxylic acids is 1. The topological polar surface area (TPSA) is 68.3 Å². The quantitative estimate of drug-likeness (QED) is 0.738. The van der Waals surface area contributed by atoms with Gasteiger partial charge in [-0.25, -0.2) is 0 Å². The maximum atomic E-state index is 11.4. The van der Waals surface area contributed by atoms with E-state index >= 15 is 0 Å². The van der Waals surface area contributed by atoms with Crippen LogP contribution >= 0.6 is 0 Å². The van der Waals surface area contributed by atoms with Gasteiger partial charge in [-0.15, -0.1) is 0 Å².